The van der Waals surface area contributed by atoms with Gasteiger partial charge in [0.1, 0.15) is 5.82 Å². The van der Waals surface area contributed by atoms with Crippen LogP contribution in [0.15, 0.2) is 18.2 Å². The van der Waals surface area contributed by atoms with Crippen molar-refractivity contribution < 1.29 is 9.18 Å². The van der Waals surface area contributed by atoms with Gasteiger partial charge >= 0.3 is 6.03 Å². The molecule has 0 aromatic heterocycles. The van der Waals surface area contributed by atoms with Crippen LogP contribution in [0.25, 0.3) is 0 Å². The van der Waals surface area contributed by atoms with Gasteiger partial charge in [-0.15, -0.1) is 0 Å². The van der Waals surface area contributed by atoms with E-state index in [2.05, 4.69) is 5.32 Å². The molecule has 1 aromatic carbocycles. The molecule has 0 radical (unpaired) electrons. The van der Waals surface area contributed by atoms with Crippen molar-refractivity contribution in [1.82, 2.24) is 10.2 Å². The lowest BCUT2D eigenvalue weighted by Crippen LogP contribution is -2.33. The highest BCUT2D eigenvalue weighted by Crippen LogP contribution is 2.26. The zero-order valence-electron chi connectivity index (χ0n) is 9.71. The van der Waals surface area contributed by atoms with Gasteiger partial charge in [-0.05, 0) is 32.0 Å². The van der Waals surface area contributed by atoms with Crippen molar-refractivity contribution >= 4 is 17.6 Å². The first-order chi connectivity index (χ1) is 7.99. The fourth-order valence-electron chi connectivity index (χ4n) is 1.96. The summed E-state index contributed by atoms with van der Waals surface area (Å²) >= 11 is 5.84. The van der Waals surface area contributed by atoms with Gasteiger partial charge in [-0.25, -0.2) is 9.18 Å². The summed E-state index contributed by atoms with van der Waals surface area (Å²) in [5.74, 6) is -0.342. The number of rotatable bonds is 2. The van der Waals surface area contributed by atoms with Crippen LogP contribution in [0.1, 0.15) is 25.5 Å². The summed E-state index contributed by atoms with van der Waals surface area (Å²) in [6.45, 7) is 4.32. The highest BCUT2D eigenvalue weighted by Gasteiger charge is 2.32. The summed E-state index contributed by atoms with van der Waals surface area (Å²) in [5, 5.41) is 3.23. The van der Waals surface area contributed by atoms with E-state index in [-0.39, 0.29) is 23.9 Å². The molecule has 0 bridgehead atoms. The minimum absolute atomic E-state index is 0.0993. The van der Waals surface area contributed by atoms with Crippen molar-refractivity contribution in [2.24, 2.45) is 0 Å². The Morgan fingerprint density at radius 3 is 2.82 bits per heavy atom. The van der Waals surface area contributed by atoms with Gasteiger partial charge in [-0.2, -0.15) is 0 Å². The lowest BCUT2D eigenvalue weighted by Gasteiger charge is -2.19. The standard InChI is InChI=1S/C12H14ClFN2O/c1-7(2)16-6-11(15-12(16)17)9-5-8(13)3-4-10(9)14/h3-5,7,11H,6H2,1-2H3,(H,15,17). The third-order valence-electron chi connectivity index (χ3n) is 2.89. The van der Waals surface area contributed by atoms with Crippen LogP contribution in [0.4, 0.5) is 9.18 Å². The lowest BCUT2D eigenvalue weighted by atomic mass is 10.1. The quantitative estimate of drug-likeness (QED) is 0.867. The van der Waals surface area contributed by atoms with Gasteiger partial charge < -0.3 is 10.2 Å². The molecule has 1 heterocycles. The molecule has 0 spiro atoms. The normalized spacial score (nSPS) is 19.9. The second kappa shape index (κ2) is 4.53. The molecule has 92 valence electrons. The molecule has 17 heavy (non-hydrogen) atoms. The first-order valence-electron chi connectivity index (χ1n) is 5.51. The number of hydrogen-bond acceptors (Lipinski definition) is 1. The zero-order valence-corrected chi connectivity index (χ0v) is 10.5. The number of benzene rings is 1. The molecule has 1 unspecified atom stereocenters. The maximum atomic E-state index is 13.6. The van der Waals surface area contributed by atoms with Crippen molar-refractivity contribution in [3.63, 3.8) is 0 Å². The number of amides is 2. The Kier molecular flexibility index (Phi) is 3.24. The van der Waals surface area contributed by atoms with E-state index in [1.165, 1.54) is 12.1 Å². The van der Waals surface area contributed by atoms with E-state index in [4.69, 9.17) is 11.6 Å². The lowest BCUT2D eigenvalue weighted by molar-refractivity contribution is 0.206. The van der Waals surface area contributed by atoms with Crippen LogP contribution >= 0.6 is 11.6 Å². The van der Waals surface area contributed by atoms with E-state index in [1.54, 1.807) is 11.0 Å². The van der Waals surface area contributed by atoms with E-state index >= 15 is 0 Å². The van der Waals surface area contributed by atoms with Gasteiger partial charge in [0.2, 0.25) is 0 Å². The van der Waals surface area contributed by atoms with Gasteiger partial charge in [-0.1, -0.05) is 11.6 Å². The van der Waals surface area contributed by atoms with Crippen molar-refractivity contribution in [3.05, 3.63) is 34.6 Å². The molecule has 2 amide bonds. The van der Waals surface area contributed by atoms with Crippen molar-refractivity contribution in [1.29, 1.82) is 0 Å². The average Bonchev–Trinajstić information content (AvgIpc) is 2.64. The highest BCUT2D eigenvalue weighted by atomic mass is 35.5. The van der Waals surface area contributed by atoms with E-state index in [1.807, 2.05) is 13.8 Å². The minimum atomic E-state index is -0.342. The molecule has 1 aliphatic rings. The summed E-state index contributed by atoms with van der Waals surface area (Å²) in [7, 11) is 0. The van der Waals surface area contributed by atoms with Crippen LogP contribution in [0.3, 0.4) is 0 Å². The Balaban J connectivity index is 2.25. The van der Waals surface area contributed by atoms with Crippen LogP contribution in [-0.4, -0.2) is 23.5 Å². The molecule has 1 fully saturated rings. The minimum Gasteiger partial charge on any atom is -0.329 e. The van der Waals surface area contributed by atoms with Gasteiger partial charge in [0, 0.05) is 23.2 Å². The molecule has 0 aliphatic carbocycles. The van der Waals surface area contributed by atoms with Crippen LogP contribution in [-0.2, 0) is 0 Å². The Labute approximate surface area is 105 Å². The SMILES string of the molecule is CC(C)N1CC(c2cc(Cl)ccc2F)NC1=O. The number of hydrogen-bond donors (Lipinski definition) is 1. The van der Waals surface area contributed by atoms with E-state index in [0.717, 1.165) is 0 Å². The fraction of sp³-hybridized carbons (Fsp3) is 0.417. The number of halogens is 2. The maximum absolute atomic E-state index is 13.6. The molecule has 3 nitrogen and oxygen atoms in total. The topological polar surface area (TPSA) is 32.3 Å². The average molecular weight is 257 g/mol. The van der Waals surface area contributed by atoms with Crippen molar-refractivity contribution in [2.75, 3.05) is 6.54 Å². The first-order valence-corrected chi connectivity index (χ1v) is 5.89. The molecule has 1 N–H and O–H groups in total. The smallest absolute Gasteiger partial charge is 0.318 e. The third kappa shape index (κ3) is 2.36. The van der Waals surface area contributed by atoms with E-state index in [0.29, 0.717) is 17.1 Å². The highest BCUT2D eigenvalue weighted by molar-refractivity contribution is 6.30. The Morgan fingerprint density at radius 1 is 1.53 bits per heavy atom. The molecule has 1 saturated heterocycles. The van der Waals surface area contributed by atoms with Crippen LogP contribution in [0.5, 0.6) is 0 Å². The van der Waals surface area contributed by atoms with Crippen molar-refractivity contribution in [3.8, 4) is 0 Å². The Bertz CT molecular complexity index is 450. The number of urea groups is 1. The number of carbonyl (C=O) groups excluding carboxylic acids is 1. The molecule has 1 aromatic rings. The number of nitrogens with zero attached hydrogens (tertiary/aromatic N) is 1. The predicted octanol–water partition coefficient (Wildman–Crippen LogP) is 2.95. The summed E-state index contributed by atoms with van der Waals surface area (Å²) < 4.78 is 13.6. The monoisotopic (exact) mass is 256 g/mol. The van der Waals surface area contributed by atoms with Gasteiger partial charge in [0.05, 0.1) is 6.04 Å². The Hall–Kier alpha value is -1.29. The van der Waals surface area contributed by atoms with Gasteiger partial charge in [0.15, 0.2) is 0 Å². The van der Waals surface area contributed by atoms with Gasteiger partial charge in [-0.3, -0.25) is 0 Å². The molecular weight excluding hydrogens is 243 g/mol. The summed E-state index contributed by atoms with van der Waals surface area (Å²) in [4.78, 5) is 13.3. The molecule has 1 atom stereocenters. The predicted molar refractivity (Wildman–Crippen MR) is 64.5 cm³/mol. The third-order valence-corrected chi connectivity index (χ3v) is 3.13. The number of nitrogens with one attached hydrogen (secondary N) is 1. The number of carbonyl (C=O) groups is 1. The van der Waals surface area contributed by atoms with Crippen LogP contribution in [0, 0.1) is 5.82 Å². The van der Waals surface area contributed by atoms with Crippen LogP contribution in [0.2, 0.25) is 5.02 Å². The zero-order chi connectivity index (χ0) is 12.6. The van der Waals surface area contributed by atoms with Crippen LogP contribution < -0.4 is 5.32 Å². The second-order valence-electron chi connectivity index (χ2n) is 4.41. The maximum Gasteiger partial charge on any atom is 0.318 e. The van der Waals surface area contributed by atoms with Crippen molar-refractivity contribution in [2.45, 2.75) is 25.9 Å². The first kappa shape index (κ1) is 12.2. The fourth-order valence-corrected chi connectivity index (χ4v) is 2.14. The molecule has 1 aliphatic heterocycles. The summed E-state index contributed by atoms with van der Waals surface area (Å²) in [6.07, 6.45) is 0. The molecule has 5 heteroatoms. The molecule has 0 saturated carbocycles. The van der Waals surface area contributed by atoms with Gasteiger partial charge in [0.25, 0.3) is 0 Å². The Morgan fingerprint density at radius 2 is 2.24 bits per heavy atom. The summed E-state index contributed by atoms with van der Waals surface area (Å²) in [6, 6.07) is 3.99. The molecule has 2 rings (SSSR count). The largest absolute Gasteiger partial charge is 0.329 e. The van der Waals surface area contributed by atoms with E-state index < -0.39 is 0 Å². The second-order valence-corrected chi connectivity index (χ2v) is 4.85. The summed E-state index contributed by atoms with van der Waals surface area (Å²) in [5.41, 5.74) is 0.439. The van der Waals surface area contributed by atoms with E-state index in [9.17, 15) is 9.18 Å². The molecular formula is C12H14ClFN2O.